The SMILES string of the molecule is CC(=S)Nc1cnc(C)[nH]1. The van der Waals surface area contributed by atoms with Gasteiger partial charge in [0.05, 0.1) is 11.2 Å². The van der Waals surface area contributed by atoms with Crippen LogP contribution in [0.15, 0.2) is 6.20 Å². The van der Waals surface area contributed by atoms with Gasteiger partial charge < -0.3 is 10.3 Å². The van der Waals surface area contributed by atoms with E-state index >= 15 is 0 Å². The number of aromatic amines is 1. The van der Waals surface area contributed by atoms with Crippen LogP contribution in [0.4, 0.5) is 5.82 Å². The van der Waals surface area contributed by atoms with E-state index in [0.29, 0.717) is 0 Å². The first-order valence-electron chi connectivity index (χ1n) is 2.97. The van der Waals surface area contributed by atoms with Crippen LogP contribution in [0.2, 0.25) is 0 Å². The second-order valence-electron chi connectivity index (χ2n) is 2.06. The fraction of sp³-hybridized carbons (Fsp3) is 0.333. The lowest BCUT2D eigenvalue weighted by molar-refractivity contribution is 1.15. The number of imidazole rings is 1. The van der Waals surface area contributed by atoms with Crippen molar-refractivity contribution in [1.29, 1.82) is 0 Å². The zero-order valence-corrected chi connectivity index (χ0v) is 6.75. The molecule has 1 heterocycles. The summed E-state index contributed by atoms with van der Waals surface area (Å²) in [5, 5.41) is 2.94. The first kappa shape index (κ1) is 7.21. The fourth-order valence-corrected chi connectivity index (χ4v) is 0.784. The van der Waals surface area contributed by atoms with Gasteiger partial charge in [-0.2, -0.15) is 0 Å². The summed E-state index contributed by atoms with van der Waals surface area (Å²) in [5.41, 5.74) is 0. The average molecular weight is 155 g/mol. The van der Waals surface area contributed by atoms with E-state index in [1.165, 1.54) is 0 Å². The van der Waals surface area contributed by atoms with Crippen molar-refractivity contribution in [1.82, 2.24) is 9.97 Å². The normalized spacial score (nSPS) is 9.40. The molecule has 4 heteroatoms. The molecule has 0 saturated heterocycles. The van der Waals surface area contributed by atoms with Crippen molar-refractivity contribution in [2.75, 3.05) is 5.32 Å². The minimum absolute atomic E-state index is 0.739. The maximum atomic E-state index is 4.83. The molecule has 1 aromatic heterocycles. The summed E-state index contributed by atoms with van der Waals surface area (Å²) in [7, 11) is 0. The Morgan fingerprint density at radius 3 is 2.90 bits per heavy atom. The maximum Gasteiger partial charge on any atom is 0.128 e. The molecule has 2 N–H and O–H groups in total. The Bertz CT molecular complexity index is 241. The van der Waals surface area contributed by atoms with Gasteiger partial charge in [0, 0.05) is 0 Å². The molecular weight excluding hydrogens is 146 g/mol. The van der Waals surface area contributed by atoms with E-state index in [0.717, 1.165) is 16.6 Å². The Morgan fingerprint density at radius 2 is 2.50 bits per heavy atom. The summed E-state index contributed by atoms with van der Waals surface area (Å²) in [6.45, 7) is 3.72. The quantitative estimate of drug-likeness (QED) is 0.603. The first-order chi connectivity index (χ1) is 4.68. The molecule has 0 amide bonds. The minimum atomic E-state index is 0.739. The third-order valence-corrected chi connectivity index (χ3v) is 1.12. The Morgan fingerprint density at radius 1 is 1.80 bits per heavy atom. The predicted octanol–water partition coefficient (Wildman–Crippen LogP) is 1.48. The molecule has 0 aliphatic rings. The third kappa shape index (κ3) is 1.80. The highest BCUT2D eigenvalue weighted by molar-refractivity contribution is 7.80. The largest absolute Gasteiger partial charge is 0.335 e. The van der Waals surface area contributed by atoms with E-state index in [4.69, 9.17) is 12.2 Å². The summed E-state index contributed by atoms with van der Waals surface area (Å²) in [5.74, 6) is 1.74. The molecule has 0 unspecified atom stereocenters. The molecule has 10 heavy (non-hydrogen) atoms. The number of hydrogen-bond acceptors (Lipinski definition) is 2. The number of aromatic nitrogens is 2. The van der Waals surface area contributed by atoms with Crippen LogP contribution in [0.3, 0.4) is 0 Å². The summed E-state index contributed by atoms with van der Waals surface area (Å²) in [4.78, 5) is 7.73. The molecular formula is C6H9N3S. The number of nitrogens with one attached hydrogen (secondary N) is 2. The fourth-order valence-electron chi connectivity index (χ4n) is 0.674. The minimum Gasteiger partial charge on any atom is -0.335 e. The second kappa shape index (κ2) is 2.79. The van der Waals surface area contributed by atoms with E-state index in [2.05, 4.69) is 15.3 Å². The van der Waals surface area contributed by atoms with Crippen molar-refractivity contribution < 1.29 is 0 Å². The van der Waals surface area contributed by atoms with Crippen LogP contribution in [0.25, 0.3) is 0 Å². The summed E-state index contributed by atoms with van der Waals surface area (Å²) in [6, 6.07) is 0. The van der Waals surface area contributed by atoms with Gasteiger partial charge in [0.2, 0.25) is 0 Å². The molecule has 0 aliphatic heterocycles. The van der Waals surface area contributed by atoms with Gasteiger partial charge >= 0.3 is 0 Å². The van der Waals surface area contributed by atoms with Gasteiger partial charge in [-0.05, 0) is 13.8 Å². The molecule has 0 saturated carbocycles. The van der Waals surface area contributed by atoms with Crippen LogP contribution in [0, 0.1) is 6.92 Å². The second-order valence-corrected chi connectivity index (χ2v) is 2.68. The van der Waals surface area contributed by atoms with E-state index in [-0.39, 0.29) is 0 Å². The highest BCUT2D eigenvalue weighted by Crippen LogP contribution is 2.01. The van der Waals surface area contributed by atoms with E-state index < -0.39 is 0 Å². The Kier molecular flexibility index (Phi) is 2.01. The smallest absolute Gasteiger partial charge is 0.128 e. The summed E-state index contributed by atoms with van der Waals surface area (Å²) >= 11 is 4.83. The van der Waals surface area contributed by atoms with Crippen molar-refractivity contribution in [2.24, 2.45) is 0 Å². The standard InChI is InChI=1S/C6H9N3S/c1-4-7-3-6(8-4)9-5(2)10/h3H,1-2H3,(H,7,8)(H,9,10). The topological polar surface area (TPSA) is 40.7 Å². The van der Waals surface area contributed by atoms with Crippen LogP contribution in [-0.4, -0.2) is 15.0 Å². The molecule has 0 radical (unpaired) electrons. The zero-order chi connectivity index (χ0) is 7.56. The molecule has 0 bridgehead atoms. The Labute approximate surface area is 64.9 Å². The number of aryl methyl sites for hydroxylation is 1. The van der Waals surface area contributed by atoms with Gasteiger partial charge in [0.25, 0.3) is 0 Å². The molecule has 1 rings (SSSR count). The molecule has 0 aliphatic carbocycles. The van der Waals surface area contributed by atoms with Crippen molar-refractivity contribution >= 4 is 23.0 Å². The first-order valence-corrected chi connectivity index (χ1v) is 3.38. The number of rotatable bonds is 1. The van der Waals surface area contributed by atoms with Gasteiger partial charge in [-0.15, -0.1) is 0 Å². The molecule has 0 fully saturated rings. The lowest BCUT2D eigenvalue weighted by atomic mass is 10.6. The third-order valence-electron chi connectivity index (χ3n) is 1.01. The number of H-pyrrole nitrogens is 1. The van der Waals surface area contributed by atoms with Crippen LogP contribution >= 0.6 is 12.2 Å². The summed E-state index contributed by atoms with van der Waals surface area (Å²) in [6.07, 6.45) is 1.71. The van der Waals surface area contributed by atoms with E-state index in [1.54, 1.807) is 6.20 Å². The highest BCUT2D eigenvalue weighted by Gasteiger charge is 1.93. The molecule has 1 aromatic rings. The zero-order valence-electron chi connectivity index (χ0n) is 5.93. The van der Waals surface area contributed by atoms with Gasteiger partial charge in [-0.3, -0.25) is 0 Å². The number of nitrogens with zero attached hydrogens (tertiary/aromatic N) is 1. The van der Waals surface area contributed by atoms with E-state index in [1.807, 2.05) is 13.8 Å². The van der Waals surface area contributed by atoms with Gasteiger partial charge in [0.15, 0.2) is 0 Å². The highest BCUT2D eigenvalue weighted by atomic mass is 32.1. The van der Waals surface area contributed by atoms with Gasteiger partial charge in [-0.1, -0.05) is 12.2 Å². The monoisotopic (exact) mass is 155 g/mol. The number of thiocarbonyl (C=S) groups is 1. The number of anilines is 1. The van der Waals surface area contributed by atoms with Crippen molar-refractivity contribution in [3.8, 4) is 0 Å². The van der Waals surface area contributed by atoms with Crippen LogP contribution < -0.4 is 5.32 Å². The molecule has 0 spiro atoms. The Hall–Kier alpha value is -0.900. The van der Waals surface area contributed by atoms with Crippen LogP contribution in [0.5, 0.6) is 0 Å². The average Bonchev–Trinajstić information content (AvgIpc) is 2.13. The van der Waals surface area contributed by atoms with Crippen LogP contribution in [0.1, 0.15) is 12.7 Å². The Balaban J connectivity index is 2.67. The molecule has 0 atom stereocenters. The summed E-state index contributed by atoms with van der Waals surface area (Å²) < 4.78 is 0. The van der Waals surface area contributed by atoms with Crippen LogP contribution in [-0.2, 0) is 0 Å². The molecule has 3 nitrogen and oxygen atoms in total. The predicted molar refractivity (Wildman–Crippen MR) is 45.2 cm³/mol. The van der Waals surface area contributed by atoms with Crippen molar-refractivity contribution in [2.45, 2.75) is 13.8 Å². The van der Waals surface area contributed by atoms with Crippen molar-refractivity contribution in [3.05, 3.63) is 12.0 Å². The number of hydrogen-bond donors (Lipinski definition) is 2. The molecule has 54 valence electrons. The lowest BCUT2D eigenvalue weighted by Crippen LogP contribution is -2.03. The molecule has 0 aromatic carbocycles. The maximum absolute atomic E-state index is 4.83. The van der Waals surface area contributed by atoms with E-state index in [9.17, 15) is 0 Å². The lowest BCUT2D eigenvalue weighted by Gasteiger charge is -1.96. The van der Waals surface area contributed by atoms with Crippen molar-refractivity contribution in [3.63, 3.8) is 0 Å². The van der Waals surface area contributed by atoms with Gasteiger partial charge in [-0.25, -0.2) is 4.98 Å². The van der Waals surface area contributed by atoms with Gasteiger partial charge in [0.1, 0.15) is 11.6 Å².